The average Bonchev–Trinajstić information content (AvgIpc) is 2.59. The van der Waals surface area contributed by atoms with Crippen molar-refractivity contribution in [1.82, 2.24) is 10.2 Å². The Morgan fingerprint density at radius 1 is 1.15 bits per heavy atom. The predicted octanol–water partition coefficient (Wildman–Crippen LogP) is 1.54. The van der Waals surface area contributed by atoms with Crippen LogP contribution in [0, 0.1) is 0 Å². The van der Waals surface area contributed by atoms with Gasteiger partial charge >= 0.3 is 5.97 Å². The first-order valence-electron chi connectivity index (χ1n) is 8.49. The van der Waals surface area contributed by atoms with Crippen LogP contribution in [-0.4, -0.2) is 60.1 Å². The monoisotopic (exact) mass is 366 g/mol. The van der Waals surface area contributed by atoms with E-state index in [0.29, 0.717) is 24.7 Å². The Hall–Kier alpha value is -2.77. The molecule has 0 spiro atoms. The molecule has 1 unspecified atom stereocenters. The lowest BCUT2D eigenvalue weighted by Crippen LogP contribution is -2.46. The molecule has 0 aliphatic rings. The van der Waals surface area contributed by atoms with E-state index in [9.17, 15) is 19.5 Å². The van der Waals surface area contributed by atoms with Gasteiger partial charge in [0.05, 0.1) is 13.2 Å². The van der Waals surface area contributed by atoms with Gasteiger partial charge in [-0.2, -0.15) is 0 Å². The second kappa shape index (κ2) is 10.3. The molecule has 1 rings (SSSR count). The third-order valence-corrected chi connectivity index (χ3v) is 3.60. The van der Waals surface area contributed by atoms with Crippen molar-refractivity contribution in [2.45, 2.75) is 33.7 Å². The third kappa shape index (κ3) is 5.94. The molecule has 0 aromatic heterocycles. The molecule has 1 aromatic carbocycles. The summed E-state index contributed by atoms with van der Waals surface area (Å²) in [5.41, 5.74) is 0.285. The van der Waals surface area contributed by atoms with Gasteiger partial charge in [0, 0.05) is 25.6 Å². The number of benzene rings is 1. The molecule has 0 aliphatic heterocycles. The molecule has 1 atom stereocenters. The van der Waals surface area contributed by atoms with Gasteiger partial charge < -0.3 is 24.8 Å². The highest BCUT2D eigenvalue weighted by molar-refractivity contribution is 5.97. The fourth-order valence-corrected chi connectivity index (χ4v) is 2.31. The summed E-state index contributed by atoms with van der Waals surface area (Å²) in [7, 11) is 0. The van der Waals surface area contributed by atoms with Crippen molar-refractivity contribution >= 4 is 17.8 Å². The number of nitrogens with zero attached hydrogens (tertiary/aromatic N) is 1. The number of ether oxygens (including phenoxy) is 2. The molecule has 0 aliphatic carbocycles. The SMILES string of the molecule is CCOc1ccc(C(=O)N(CCNC(C)=O)C(C)C(=O)O)cc1OCC. The average molecular weight is 366 g/mol. The zero-order valence-corrected chi connectivity index (χ0v) is 15.6. The van der Waals surface area contributed by atoms with E-state index in [4.69, 9.17) is 9.47 Å². The van der Waals surface area contributed by atoms with E-state index in [1.165, 1.54) is 24.8 Å². The Morgan fingerprint density at radius 2 is 1.77 bits per heavy atom. The standard InChI is InChI=1S/C18H26N2O6/c1-5-25-15-8-7-14(11-16(15)26-6-2)17(22)20(12(3)18(23)24)10-9-19-13(4)21/h7-8,11-12H,5-6,9-10H2,1-4H3,(H,19,21)(H,23,24). The van der Waals surface area contributed by atoms with Crippen molar-refractivity contribution in [3.63, 3.8) is 0 Å². The van der Waals surface area contributed by atoms with Gasteiger partial charge in [-0.15, -0.1) is 0 Å². The summed E-state index contributed by atoms with van der Waals surface area (Å²) in [4.78, 5) is 36.4. The van der Waals surface area contributed by atoms with Crippen LogP contribution in [0.2, 0.25) is 0 Å². The number of carbonyl (C=O) groups excluding carboxylic acids is 2. The summed E-state index contributed by atoms with van der Waals surface area (Å²) in [5, 5.41) is 11.8. The number of carbonyl (C=O) groups is 3. The van der Waals surface area contributed by atoms with E-state index >= 15 is 0 Å². The second-order valence-electron chi connectivity index (χ2n) is 5.52. The van der Waals surface area contributed by atoms with Crippen LogP contribution in [0.5, 0.6) is 11.5 Å². The maximum Gasteiger partial charge on any atom is 0.326 e. The molecule has 0 saturated carbocycles. The molecule has 26 heavy (non-hydrogen) atoms. The van der Waals surface area contributed by atoms with E-state index in [1.54, 1.807) is 12.1 Å². The van der Waals surface area contributed by atoms with Gasteiger partial charge in [0.15, 0.2) is 11.5 Å². The molecule has 2 N–H and O–H groups in total. The number of amides is 2. The summed E-state index contributed by atoms with van der Waals surface area (Å²) >= 11 is 0. The molecule has 0 fully saturated rings. The highest BCUT2D eigenvalue weighted by atomic mass is 16.5. The van der Waals surface area contributed by atoms with Crippen molar-refractivity contribution < 1.29 is 29.0 Å². The first-order valence-corrected chi connectivity index (χ1v) is 8.49. The predicted molar refractivity (Wildman–Crippen MR) is 95.6 cm³/mol. The van der Waals surface area contributed by atoms with Gasteiger partial charge in [0.2, 0.25) is 5.91 Å². The third-order valence-electron chi connectivity index (χ3n) is 3.60. The van der Waals surface area contributed by atoms with Crippen LogP contribution < -0.4 is 14.8 Å². The largest absolute Gasteiger partial charge is 0.490 e. The molecule has 1 aromatic rings. The highest BCUT2D eigenvalue weighted by Gasteiger charge is 2.27. The first-order chi connectivity index (χ1) is 12.3. The van der Waals surface area contributed by atoms with Gasteiger partial charge in [-0.05, 0) is 39.0 Å². The van der Waals surface area contributed by atoms with Crippen molar-refractivity contribution in [2.75, 3.05) is 26.3 Å². The van der Waals surface area contributed by atoms with Gasteiger partial charge in [-0.1, -0.05) is 0 Å². The van der Waals surface area contributed by atoms with Crippen LogP contribution in [0.4, 0.5) is 0 Å². The summed E-state index contributed by atoms with van der Waals surface area (Å²) < 4.78 is 11.0. The highest BCUT2D eigenvalue weighted by Crippen LogP contribution is 2.29. The van der Waals surface area contributed by atoms with Crippen LogP contribution in [0.1, 0.15) is 38.1 Å². The van der Waals surface area contributed by atoms with E-state index in [1.807, 2.05) is 13.8 Å². The summed E-state index contributed by atoms with van der Waals surface area (Å²) in [5.74, 6) is -0.904. The number of nitrogens with one attached hydrogen (secondary N) is 1. The number of carboxylic acid groups (broad SMARTS) is 1. The number of aliphatic carboxylic acids is 1. The maximum absolute atomic E-state index is 12.8. The first kappa shape index (κ1) is 21.3. The van der Waals surface area contributed by atoms with Gasteiger partial charge in [0.25, 0.3) is 5.91 Å². The van der Waals surface area contributed by atoms with Crippen molar-refractivity contribution in [3.8, 4) is 11.5 Å². The van der Waals surface area contributed by atoms with Crippen LogP contribution in [0.15, 0.2) is 18.2 Å². The Labute approximate surface area is 153 Å². The lowest BCUT2D eigenvalue weighted by atomic mass is 10.1. The Bertz CT molecular complexity index is 647. The molecule has 2 amide bonds. The zero-order valence-electron chi connectivity index (χ0n) is 15.6. The zero-order chi connectivity index (χ0) is 19.7. The molecular weight excluding hydrogens is 340 g/mol. The minimum absolute atomic E-state index is 0.0725. The number of hydrogen-bond acceptors (Lipinski definition) is 5. The Morgan fingerprint density at radius 3 is 2.31 bits per heavy atom. The normalized spacial score (nSPS) is 11.4. The fraction of sp³-hybridized carbons (Fsp3) is 0.500. The van der Waals surface area contributed by atoms with Crippen molar-refractivity contribution in [2.24, 2.45) is 0 Å². The second-order valence-corrected chi connectivity index (χ2v) is 5.52. The molecule has 0 heterocycles. The van der Waals surface area contributed by atoms with Crippen LogP contribution in [-0.2, 0) is 9.59 Å². The quantitative estimate of drug-likeness (QED) is 0.651. The van der Waals surface area contributed by atoms with Gasteiger partial charge in [0.1, 0.15) is 6.04 Å². The molecule has 8 nitrogen and oxygen atoms in total. The Kier molecular flexibility index (Phi) is 8.41. The lowest BCUT2D eigenvalue weighted by molar-refractivity contribution is -0.141. The fourth-order valence-electron chi connectivity index (χ4n) is 2.31. The topological polar surface area (TPSA) is 105 Å². The van der Waals surface area contributed by atoms with E-state index in [-0.39, 0.29) is 24.6 Å². The van der Waals surface area contributed by atoms with E-state index in [0.717, 1.165) is 0 Å². The smallest absolute Gasteiger partial charge is 0.326 e. The molecule has 144 valence electrons. The van der Waals surface area contributed by atoms with Crippen LogP contribution >= 0.6 is 0 Å². The molecular formula is C18H26N2O6. The van der Waals surface area contributed by atoms with E-state index < -0.39 is 17.9 Å². The molecule has 0 radical (unpaired) electrons. The van der Waals surface area contributed by atoms with Crippen LogP contribution in [0.3, 0.4) is 0 Å². The number of hydrogen-bond donors (Lipinski definition) is 2. The van der Waals surface area contributed by atoms with Crippen LogP contribution in [0.25, 0.3) is 0 Å². The van der Waals surface area contributed by atoms with Gasteiger partial charge in [-0.25, -0.2) is 4.79 Å². The summed E-state index contributed by atoms with van der Waals surface area (Å²) in [6.45, 7) is 7.52. The molecule has 0 bridgehead atoms. The molecule has 0 saturated heterocycles. The maximum atomic E-state index is 12.8. The van der Waals surface area contributed by atoms with E-state index in [2.05, 4.69) is 5.32 Å². The van der Waals surface area contributed by atoms with Crippen molar-refractivity contribution in [3.05, 3.63) is 23.8 Å². The van der Waals surface area contributed by atoms with Crippen molar-refractivity contribution in [1.29, 1.82) is 0 Å². The number of carboxylic acids is 1. The van der Waals surface area contributed by atoms with Gasteiger partial charge in [-0.3, -0.25) is 9.59 Å². The minimum atomic E-state index is -1.13. The molecule has 8 heteroatoms. The Balaban J connectivity index is 3.09. The lowest BCUT2D eigenvalue weighted by Gasteiger charge is -2.27. The summed E-state index contributed by atoms with van der Waals surface area (Å²) in [6.07, 6.45) is 0. The number of rotatable bonds is 10. The minimum Gasteiger partial charge on any atom is -0.490 e. The summed E-state index contributed by atoms with van der Waals surface area (Å²) in [6, 6.07) is 3.68.